The van der Waals surface area contributed by atoms with Crippen LogP contribution in [0.25, 0.3) is 0 Å². The zero-order valence-electron chi connectivity index (χ0n) is 28.4. The first-order chi connectivity index (χ1) is 21.9. The van der Waals surface area contributed by atoms with Gasteiger partial charge in [0.05, 0.1) is 57.7 Å². The Morgan fingerprint density at radius 2 is 0.891 bits per heavy atom. The van der Waals surface area contributed by atoms with Crippen LogP contribution in [0.4, 0.5) is 0 Å². The minimum absolute atomic E-state index is 0.0920. The van der Waals surface area contributed by atoms with E-state index >= 15 is 0 Å². The molecule has 0 amide bonds. The van der Waals surface area contributed by atoms with Crippen LogP contribution in [0.3, 0.4) is 0 Å². The number of carbonyl (C=O) groups is 6. The van der Waals surface area contributed by atoms with Crippen molar-refractivity contribution < 1.29 is 57.2 Å². The van der Waals surface area contributed by atoms with Crippen LogP contribution in [0.2, 0.25) is 0 Å². The van der Waals surface area contributed by atoms with E-state index in [-0.39, 0.29) is 50.6 Å². The minimum atomic E-state index is -1.28. The van der Waals surface area contributed by atoms with Crippen molar-refractivity contribution in [2.24, 2.45) is 11.8 Å². The van der Waals surface area contributed by atoms with Gasteiger partial charge in [-0.1, -0.05) is 66.5 Å². The molecule has 0 heterocycles. The Morgan fingerprint density at radius 1 is 0.522 bits per heavy atom. The Morgan fingerprint density at radius 3 is 1.28 bits per heavy atom. The summed E-state index contributed by atoms with van der Waals surface area (Å²) in [6, 6.07) is 0. The van der Waals surface area contributed by atoms with Crippen LogP contribution in [0.5, 0.6) is 0 Å². The SMILES string of the molecule is C=C(C(=O)OCCCC)C(CC(=O)OCCC(C)OC(=O)CC(C(=C)C(=O)OCCCC)C(=O)OCCCC)C(=O)OCCCC. The molecule has 0 bridgehead atoms. The van der Waals surface area contributed by atoms with Crippen LogP contribution in [0.15, 0.2) is 24.3 Å². The Hall–Kier alpha value is -3.70. The molecule has 3 unspecified atom stereocenters. The van der Waals surface area contributed by atoms with Gasteiger partial charge < -0.3 is 28.4 Å². The summed E-state index contributed by atoms with van der Waals surface area (Å²) in [5, 5.41) is 0. The van der Waals surface area contributed by atoms with E-state index < -0.39 is 66.6 Å². The lowest BCUT2D eigenvalue weighted by molar-refractivity contribution is -0.159. The molecule has 12 heteroatoms. The van der Waals surface area contributed by atoms with Gasteiger partial charge >= 0.3 is 35.8 Å². The van der Waals surface area contributed by atoms with E-state index in [1.165, 1.54) is 0 Å². The highest BCUT2D eigenvalue weighted by atomic mass is 16.6. The summed E-state index contributed by atoms with van der Waals surface area (Å²) in [5.41, 5.74) is -0.398. The lowest BCUT2D eigenvalue weighted by atomic mass is 9.96. The van der Waals surface area contributed by atoms with Crippen molar-refractivity contribution in [1.82, 2.24) is 0 Å². The van der Waals surface area contributed by atoms with Crippen molar-refractivity contribution in [2.45, 2.75) is 111 Å². The summed E-state index contributed by atoms with van der Waals surface area (Å²) < 4.78 is 31.4. The standard InChI is InChI=1S/C34H54O12/c1-8-12-17-42-31(37)25(6)27(33(39)44-19-14-10-3)22-29(35)41-21-16-24(5)46-30(36)23-28(34(40)45-20-15-11-4)26(7)32(38)43-18-13-9-2/h24,27-28H,6-23H2,1-5H3. The molecule has 0 N–H and O–H groups in total. The van der Waals surface area contributed by atoms with Gasteiger partial charge in [0.2, 0.25) is 0 Å². The predicted octanol–water partition coefficient (Wildman–Crippen LogP) is 5.35. The lowest BCUT2D eigenvalue weighted by Crippen LogP contribution is -2.29. The van der Waals surface area contributed by atoms with Gasteiger partial charge in [0.1, 0.15) is 6.10 Å². The molecular formula is C34H54O12. The molecular weight excluding hydrogens is 600 g/mol. The van der Waals surface area contributed by atoms with E-state index in [9.17, 15) is 28.8 Å². The maximum atomic E-state index is 12.7. The normalized spacial score (nSPS) is 12.5. The summed E-state index contributed by atoms with van der Waals surface area (Å²) in [5.74, 6) is -7.25. The number of rotatable bonds is 26. The topological polar surface area (TPSA) is 158 Å². The number of esters is 6. The van der Waals surface area contributed by atoms with Gasteiger partial charge in [-0.15, -0.1) is 0 Å². The fraction of sp³-hybridized carbons (Fsp3) is 0.706. The van der Waals surface area contributed by atoms with E-state index in [0.717, 1.165) is 25.7 Å². The maximum absolute atomic E-state index is 12.7. The molecule has 3 atom stereocenters. The molecule has 0 aliphatic heterocycles. The number of hydrogen-bond acceptors (Lipinski definition) is 12. The number of ether oxygens (including phenoxy) is 6. The molecule has 0 aliphatic rings. The van der Waals surface area contributed by atoms with Gasteiger partial charge in [0.25, 0.3) is 0 Å². The van der Waals surface area contributed by atoms with Crippen molar-refractivity contribution in [3.05, 3.63) is 24.3 Å². The van der Waals surface area contributed by atoms with Crippen LogP contribution in [-0.2, 0) is 57.2 Å². The molecule has 262 valence electrons. The molecule has 0 aromatic carbocycles. The molecule has 0 fully saturated rings. The first kappa shape index (κ1) is 42.3. The van der Waals surface area contributed by atoms with E-state index in [4.69, 9.17) is 28.4 Å². The first-order valence-corrected chi connectivity index (χ1v) is 16.3. The first-order valence-electron chi connectivity index (χ1n) is 16.3. The highest BCUT2D eigenvalue weighted by Gasteiger charge is 2.33. The minimum Gasteiger partial charge on any atom is -0.465 e. The summed E-state index contributed by atoms with van der Waals surface area (Å²) in [6.07, 6.45) is 4.06. The molecule has 46 heavy (non-hydrogen) atoms. The highest BCUT2D eigenvalue weighted by molar-refractivity contribution is 5.97. The molecule has 0 radical (unpaired) electrons. The third-order valence-corrected chi connectivity index (χ3v) is 6.74. The molecule has 0 aliphatic carbocycles. The third kappa shape index (κ3) is 18.3. The number of carbonyl (C=O) groups excluding carboxylic acids is 6. The van der Waals surface area contributed by atoms with Gasteiger partial charge in [-0.05, 0) is 32.6 Å². The average molecular weight is 655 g/mol. The van der Waals surface area contributed by atoms with E-state index in [0.29, 0.717) is 25.7 Å². The van der Waals surface area contributed by atoms with Crippen molar-refractivity contribution in [2.75, 3.05) is 33.0 Å². The highest BCUT2D eigenvalue weighted by Crippen LogP contribution is 2.21. The maximum Gasteiger partial charge on any atom is 0.334 e. The van der Waals surface area contributed by atoms with Gasteiger partial charge in [-0.3, -0.25) is 19.2 Å². The Bertz CT molecular complexity index is 1000. The summed E-state index contributed by atoms with van der Waals surface area (Å²) >= 11 is 0. The molecule has 0 rings (SSSR count). The Balaban J connectivity index is 5.14. The van der Waals surface area contributed by atoms with Gasteiger partial charge in [0.15, 0.2) is 0 Å². The summed E-state index contributed by atoms with van der Waals surface area (Å²) in [7, 11) is 0. The fourth-order valence-corrected chi connectivity index (χ4v) is 3.68. The monoisotopic (exact) mass is 654 g/mol. The Labute approximate surface area is 273 Å². The lowest BCUT2D eigenvalue weighted by Gasteiger charge is -2.19. The molecule has 0 saturated heterocycles. The van der Waals surface area contributed by atoms with Crippen LogP contribution in [-0.4, -0.2) is 75.0 Å². The largest absolute Gasteiger partial charge is 0.465 e. The molecule has 12 nitrogen and oxygen atoms in total. The third-order valence-electron chi connectivity index (χ3n) is 6.74. The number of hydrogen-bond donors (Lipinski definition) is 0. The molecule has 0 aromatic rings. The van der Waals surface area contributed by atoms with Crippen LogP contribution in [0.1, 0.15) is 105 Å². The zero-order chi connectivity index (χ0) is 34.9. The fourth-order valence-electron chi connectivity index (χ4n) is 3.68. The summed E-state index contributed by atoms with van der Waals surface area (Å²) in [4.78, 5) is 75.5. The van der Waals surface area contributed by atoms with Crippen molar-refractivity contribution in [3.8, 4) is 0 Å². The van der Waals surface area contributed by atoms with E-state index in [1.54, 1.807) is 6.92 Å². The second-order valence-electron chi connectivity index (χ2n) is 10.9. The average Bonchev–Trinajstić information content (AvgIpc) is 3.01. The molecule has 0 aromatic heterocycles. The quantitative estimate of drug-likeness (QED) is 0.0510. The molecule has 0 spiro atoms. The number of unbranched alkanes of at least 4 members (excludes halogenated alkanes) is 4. The van der Waals surface area contributed by atoms with Crippen molar-refractivity contribution >= 4 is 35.8 Å². The van der Waals surface area contributed by atoms with Crippen molar-refractivity contribution in [1.29, 1.82) is 0 Å². The smallest absolute Gasteiger partial charge is 0.334 e. The van der Waals surface area contributed by atoms with Gasteiger partial charge in [-0.25, -0.2) is 9.59 Å². The Kier molecular flexibility index (Phi) is 23.4. The van der Waals surface area contributed by atoms with Gasteiger partial charge in [0, 0.05) is 17.6 Å². The van der Waals surface area contributed by atoms with Crippen LogP contribution < -0.4 is 0 Å². The zero-order valence-corrected chi connectivity index (χ0v) is 28.4. The van der Waals surface area contributed by atoms with E-state index in [1.807, 2.05) is 27.7 Å². The molecule has 0 saturated carbocycles. The second-order valence-corrected chi connectivity index (χ2v) is 10.9. The van der Waals surface area contributed by atoms with Crippen LogP contribution >= 0.6 is 0 Å². The second kappa shape index (κ2) is 25.5. The summed E-state index contributed by atoms with van der Waals surface area (Å²) in [6.45, 7) is 17.0. The van der Waals surface area contributed by atoms with Gasteiger partial charge in [-0.2, -0.15) is 0 Å². The van der Waals surface area contributed by atoms with Crippen LogP contribution in [0, 0.1) is 11.8 Å². The van der Waals surface area contributed by atoms with E-state index in [2.05, 4.69) is 13.2 Å². The predicted molar refractivity (Wildman–Crippen MR) is 169 cm³/mol. The van der Waals surface area contributed by atoms with Crippen molar-refractivity contribution in [3.63, 3.8) is 0 Å².